The predicted octanol–water partition coefficient (Wildman–Crippen LogP) is 2.77. The van der Waals surface area contributed by atoms with Crippen LogP contribution in [-0.4, -0.2) is 42.7 Å². The van der Waals surface area contributed by atoms with Crippen molar-refractivity contribution in [3.05, 3.63) is 35.5 Å². The Morgan fingerprint density at radius 3 is 2.62 bits per heavy atom. The van der Waals surface area contributed by atoms with Crippen molar-refractivity contribution in [1.82, 2.24) is 15.3 Å². The SMILES string of the molecule is CCNc1cc(C)nc(NCCNC(=O)Nc2ccc(OC)cc2C)n1. The Bertz CT molecular complexity index is 750. The summed E-state index contributed by atoms with van der Waals surface area (Å²) in [5.74, 6) is 2.07. The maximum atomic E-state index is 12.0. The third kappa shape index (κ3) is 5.80. The molecule has 26 heavy (non-hydrogen) atoms. The summed E-state index contributed by atoms with van der Waals surface area (Å²) in [7, 11) is 1.61. The number of ether oxygens (including phenoxy) is 1. The average Bonchev–Trinajstić information content (AvgIpc) is 2.60. The van der Waals surface area contributed by atoms with Crippen molar-refractivity contribution in [1.29, 1.82) is 0 Å². The summed E-state index contributed by atoms with van der Waals surface area (Å²) in [6.45, 7) is 7.59. The number of anilines is 3. The molecule has 2 aromatic rings. The highest BCUT2D eigenvalue weighted by molar-refractivity contribution is 5.90. The van der Waals surface area contributed by atoms with Crippen LogP contribution in [0.5, 0.6) is 5.75 Å². The summed E-state index contributed by atoms with van der Waals surface area (Å²) in [4.78, 5) is 20.7. The molecule has 0 radical (unpaired) electrons. The van der Waals surface area contributed by atoms with Crippen molar-refractivity contribution in [2.24, 2.45) is 0 Å². The van der Waals surface area contributed by atoms with Crippen LogP contribution in [0.15, 0.2) is 24.3 Å². The normalized spacial score (nSPS) is 10.2. The van der Waals surface area contributed by atoms with Gasteiger partial charge in [-0.2, -0.15) is 4.98 Å². The van der Waals surface area contributed by atoms with Gasteiger partial charge in [-0.05, 0) is 44.5 Å². The standard InChI is InChI=1S/C18H26N6O2/c1-5-19-16-11-13(3)22-17(24-16)20-8-9-21-18(25)23-15-7-6-14(26-4)10-12(15)2/h6-7,10-11H,5,8-9H2,1-4H3,(H2,21,23,25)(H2,19,20,22,24). The van der Waals surface area contributed by atoms with Crippen molar-refractivity contribution in [2.75, 3.05) is 42.7 Å². The van der Waals surface area contributed by atoms with Crippen LogP contribution in [0, 0.1) is 13.8 Å². The van der Waals surface area contributed by atoms with Gasteiger partial charge >= 0.3 is 6.03 Å². The Morgan fingerprint density at radius 1 is 1.12 bits per heavy atom. The van der Waals surface area contributed by atoms with E-state index in [1.807, 2.05) is 39.0 Å². The van der Waals surface area contributed by atoms with E-state index in [0.29, 0.717) is 19.0 Å². The Hall–Kier alpha value is -3.03. The van der Waals surface area contributed by atoms with Gasteiger partial charge in [0.1, 0.15) is 11.6 Å². The zero-order valence-electron chi connectivity index (χ0n) is 15.6. The number of nitrogens with zero attached hydrogens (tertiary/aromatic N) is 2. The topological polar surface area (TPSA) is 100 Å². The average molecular weight is 358 g/mol. The molecule has 8 nitrogen and oxygen atoms in total. The van der Waals surface area contributed by atoms with Crippen LogP contribution < -0.4 is 26.0 Å². The first-order chi connectivity index (χ1) is 12.5. The first-order valence-corrected chi connectivity index (χ1v) is 8.54. The van der Waals surface area contributed by atoms with Gasteiger partial charge in [0, 0.05) is 37.1 Å². The number of nitrogens with one attached hydrogen (secondary N) is 4. The first kappa shape index (κ1) is 19.3. The van der Waals surface area contributed by atoms with Crippen LogP contribution in [0.25, 0.3) is 0 Å². The zero-order valence-corrected chi connectivity index (χ0v) is 15.6. The van der Waals surface area contributed by atoms with Gasteiger partial charge in [0.15, 0.2) is 0 Å². The highest BCUT2D eigenvalue weighted by Gasteiger charge is 2.06. The lowest BCUT2D eigenvalue weighted by molar-refractivity contribution is 0.252. The van der Waals surface area contributed by atoms with Gasteiger partial charge in [-0.25, -0.2) is 9.78 Å². The molecule has 1 aromatic heterocycles. The monoisotopic (exact) mass is 358 g/mol. The fourth-order valence-corrected chi connectivity index (χ4v) is 2.34. The molecule has 0 bridgehead atoms. The second-order valence-electron chi connectivity index (χ2n) is 5.74. The molecule has 0 aliphatic heterocycles. The van der Waals surface area contributed by atoms with E-state index in [9.17, 15) is 4.79 Å². The summed E-state index contributed by atoms with van der Waals surface area (Å²) >= 11 is 0. The molecule has 1 heterocycles. The fourth-order valence-electron chi connectivity index (χ4n) is 2.34. The van der Waals surface area contributed by atoms with Gasteiger partial charge in [0.25, 0.3) is 0 Å². The van der Waals surface area contributed by atoms with Crippen molar-refractivity contribution in [2.45, 2.75) is 20.8 Å². The molecular formula is C18H26N6O2. The minimum atomic E-state index is -0.265. The molecular weight excluding hydrogens is 332 g/mol. The maximum absolute atomic E-state index is 12.0. The Kier molecular flexibility index (Phi) is 7.02. The van der Waals surface area contributed by atoms with Crippen molar-refractivity contribution in [3.8, 4) is 5.75 Å². The van der Waals surface area contributed by atoms with E-state index in [1.54, 1.807) is 13.2 Å². The minimum absolute atomic E-state index is 0.265. The van der Waals surface area contributed by atoms with Gasteiger partial charge < -0.3 is 26.0 Å². The highest BCUT2D eigenvalue weighted by atomic mass is 16.5. The molecule has 2 rings (SSSR count). The van der Waals surface area contributed by atoms with Crippen LogP contribution in [0.3, 0.4) is 0 Å². The van der Waals surface area contributed by atoms with Crippen LogP contribution in [-0.2, 0) is 0 Å². The summed E-state index contributed by atoms with van der Waals surface area (Å²) in [6, 6.07) is 7.11. The molecule has 0 saturated heterocycles. The third-order valence-electron chi connectivity index (χ3n) is 3.59. The van der Waals surface area contributed by atoms with E-state index >= 15 is 0 Å². The second-order valence-corrected chi connectivity index (χ2v) is 5.74. The van der Waals surface area contributed by atoms with E-state index in [-0.39, 0.29) is 6.03 Å². The number of benzene rings is 1. The quantitative estimate of drug-likeness (QED) is 0.542. The molecule has 0 spiro atoms. The number of carbonyl (C=O) groups excluding carboxylic acids is 1. The molecule has 140 valence electrons. The lowest BCUT2D eigenvalue weighted by Gasteiger charge is -2.12. The molecule has 2 amide bonds. The second kappa shape index (κ2) is 9.45. The van der Waals surface area contributed by atoms with Crippen LogP contribution in [0.1, 0.15) is 18.2 Å². The first-order valence-electron chi connectivity index (χ1n) is 8.54. The number of hydrogen-bond acceptors (Lipinski definition) is 6. The fraction of sp³-hybridized carbons (Fsp3) is 0.389. The van der Waals surface area contributed by atoms with Crippen molar-refractivity contribution < 1.29 is 9.53 Å². The van der Waals surface area contributed by atoms with E-state index in [2.05, 4.69) is 31.2 Å². The molecule has 0 atom stereocenters. The zero-order chi connectivity index (χ0) is 18.9. The van der Waals surface area contributed by atoms with Crippen LogP contribution in [0.2, 0.25) is 0 Å². The smallest absolute Gasteiger partial charge is 0.319 e. The number of amides is 2. The molecule has 0 fully saturated rings. The lowest BCUT2D eigenvalue weighted by atomic mass is 10.2. The van der Waals surface area contributed by atoms with Crippen LogP contribution >= 0.6 is 0 Å². The Morgan fingerprint density at radius 2 is 1.92 bits per heavy atom. The highest BCUT2D eigenvalue weighted by Crippen LogP contribution is 2.20. The van der Waals surface area contributed by atoms with Gasteiger partial charge in [0.05, 0.1) is 7.11 Å². The molecule has 0 aliphatic carbocycles. The van der Waals surface area contributed by atoms with Gasteiger partial charge in [-0.15, -0.1) is 0 Å². The van der Waals surface area contributed by atoms with Gasteiger partial charge in [-0.3, -0.25) is 0 Å². The van der Waals surface area contributed by atoms with Crippen molar-refractivity contribution in [3.63, 3.8) is 0 Å². The maximum Gasteiger partial charge on any atom is 0.319 e. The van der Waals surface area contributed by atoms with Gasteiger partial charge in [0.2, 0.25) is 5.95 Å². The summed E-state index contributed by atoms with van der Waals surface area (Å²) in [6.07, 6.45) is 0. The van der Waals surface area contributed by atoms with Gasteiger partial charge in [-0.1, -0.05) is 0 Å². The number of aryl methyl sites for hydroxylation is 2. The number of carbonyl (C=O) groups is 1. The molecule has 1 aromatic carbocycles. The van der Waals surface area contributed by atoms with E-state index < -0.39 is 0 Å². The third-order valence-corrected chi connectivity index (χ3v) is 3.59. The largest absolute Gasteiger partial charge is 0.497 e. The van der Waals surface area contributed by atoms with E-state index in [0.717, 1.165) is 35.1 Å². The lowest BCUT2D eigenvalue weighted by Crippen LogP contribution is -2.33. The molecule has 0 saturated carbocycles. The minimum Gasteiger partial charge on any atom is -0.497 e. The van der Waals surface area contributed by atoms with E-state index in [4.69, 9.17) is 4.74 Å². The number of hydrogen-bond donors (Lipinski definition) is 4. The number of urea groups is 1. The molecule has 4 N–H and O–H groups in total. The number of methoxy groups -OCH3 is 1. The number of rotatable bonds is 8. The Balaban J connectivity index is 1.78. The summed E-state index contributed by atoms with van der Waals surface area (Å²) in [5.41, 5.74) is 2.55. The Labute approximate surface area is 153 Å². The molecule has 0 unspecified atom stereocenters. The number of aromatic nitrogens is 2. The molecule has 8 heteroatoms. The summed E-state index contributed by atoms with van der Waals surface area (Å²) in [5, 5.41) is 11.9. The summed E-state index contributed by atoms with van der Waals surface area (Å²) < 4.78 is 5.16. The molecule has 0 aliphatic rings. The van der Waals surface area contributed by atoms with Crippen LogP contribution in [0.4, 0.5) is 22.2 Å². The van der Waals surface area contributed by atoms with E-state index in [1.165, 1.54) is 0 Å². The van der Waals surface area contributed by atoms with Crippen molar-refractivity contribution >= 4 is 23.5 Å². The predicted molar refractivity (Wildman–Crippen MR) is 104 cm³/mol.